The maximum Gasteiger partial charge on any atom is 0.337 e. The van der Waals surface area contributed by atoms with Crippen molar-refractivity contribution in [2.45, 2.75) is 123 Å². The molecule has 1 atom stereocenters. The SMILES string of the molecule is CCCCCCCCCCCCCCCCC1Cc2cc(C(=O)OC)cc(C)c2O1. The van der Waals surface area contributed by atoms with Gasteiger partial charge in [0.2, 0.25) is 0 Å². The molecule has 1 aliphatic heterocycles. The Labute approximate surface area is 184 Å². The smallest absolute Gasteiger partial charge is 0.337 e. The Morgan fingerprint density at radius 2 is 1.43 bits per heavy atom. The standard InChI is InChI=1S/C27H44O3/c1-4-5-6-7-8-9-10-11-12-13-14-15-16-17-18-25-21-23-20-24(27(28)29-3)19-22(2)26(23)30-25/h19-20,25H,4-18,21H2,1-3H3. The van der Waals surface area contributed by atoms with Gasteiger partial charge in [-0.25, -0.2) is 4.79 Å². The quantitative estimate of drug-likeness (QED) is 0.202. The Morgan fingerprint density at radius 1 is 0.900 bits per heavy atom. The van der Waals surface area contributed by atoms with Gasteiger partial charge in [-0.2, -0.15) is 0 Å². The van der Waals surface area contributed by atoms with E-state index in [4.69, 9.17) is 9.47 Å². The van der Waals surface area contributed by atoms with Crippen LogP contribution in [0.3, 0.4) is 0 Å². The molecule has 0 N–H and O–H groups in total. The lowest BCUT2D eigenvalue weighted by molar-refractivity contribution is 0.0600. The van der Waals surface area contributed by atoms with Crippen molar-refractivity contribution in [1.82, 2.24) is 0 Å². The molecule has 0 radical (unpaired) electrons. The summed E-state index contributed by atoms with van der Waals surface area (Å²) in [5, 5.41) is 0. The number of aryl methyl sites for hydroxylation is 1. The van der Waals surface area contributed by atoms with Crippen molar-refractivity contribution in [2.24, 2.45) is 0 Å². The largest absolute Gasteiger partial charge is 0.490 e. The van der Waals surface area contributed by atoms with Crippen molar-refractivity contribution in [2.75, 3.05) is 7.11 Å². The monoisotopic (exact) mass is 416 g/mol. The number of methoxy groups -OCH3 is 1. The van der Waals surface area contributed by atoms with Crippen LogP contribution in [0.4, 0.5) is 0 Å². The summed E-state index contributed by atoms with van der Waals surface area (Å²) in [5.74, 6) is 0.717. The molecule has 2 rings (SSSR count). The topological polar surface area (TPSA) is 35.5 Å². The van der Waals surface area contributed by atoms with Gasteiger partial charge in [0.05, 0.1) is 12.7 Å². The number of unbranched alkanes of at least 4 members (excludes halogenated alkanes) is 13. The summed E-state index contributed by atoms with van der Waals surface area (Å²) < 4.78 is 11.0. The van der Waals surface area contributed by atoms with E-state index in [0.29, 0.717) is 5.56 Å². The van der Waals surface area contributed by atoms with Crippen LogP contribution < -0.4 is 4.74 Å². The zero-order valence-electron chi connectivity index (χ0n) is 19.8. The Kier molecular flexibility index (Phi) is 12.0. The summed E-state index contributed by atoms with van der Waals surface area (Å²) in [6.45, 7) is 4.30. The number of hydrogen-bond donors (Lipinski definition) is 0. The number of carbonyl (C=O) groups is 1. The molecule has 1 aromatic rings. The molecule has 1 heterocycles. The molecule has 0 saturated heterocycles. The van der Waals surface area contributed by atoms with Crippen LogP contribution in [0.5, 0.6) is 5.75 Å². The van der Waals surface area contributed by atoms with Gasteiger partial charge in [0.1, 0.15) is 11.9 Å². The van der Waals surface area contributed by atoms with Gasteiger partial charge in [0.15, 0.2) is 0 Å². The van der Waals surface area contributed by atoms with Gasteiger partial charge in [-0.15, -0.1) is 0 Å². The molecule has 0 saturated carbocycles. The molecule has 1 aliphatic rings. The summed E-state index contributed by atoms with van der Waals surface area (Å²) in [6.07, 6.45) is 21.7. The number of ether oxygens (including phenoxy) is 2. The van der Waals surface area contributed by atoms with Crippen LogP contribution in [-0.2, 0) is 11.2 Å². The lowest BCUT2D eigenvalue weighted by Crippen LogP contribution is -2.12. The molecule has 0 fully saturated rings. The molecular formula is C27H44O3. The van der Waals surface area contributed by atoms with Crippen LogP contribution in [0, 0.1) is 6.92 Å². The van der Waals surface area contributed by atoms with E-state index in [1.54, 1.807) is 0 Å². The van der Waals surface area contributed by atoms with Crippen molar-refractivity contribution in [1.29, 1.82) is 0 Å². The maximum absolute atomic E-state index is 11.8. The number of hydrogen-bond acceptors (Lipinski definition) is 3. The van der Waals surface area contributed by atoms with Gasteiger partial charge in [-0.3, -0.25) is 0 Å². The molecule has 0 aromatic heterocycles. The summed E-state index contributed by atoms with van der Waals surface area (Å²) in [7, 11) is 1.43. The van der Waals surface area contributed by atoms with E-state index < -0.39 is 0 Å². The van der Waals surface area contributed by atoms with Crippen LogP contribution in [0.15, 0.2) is 12.1 Å². The first-order chi connectivity index (χ1) is 14.7. The first kappa shape index (κ1) is 24.8. The maximum atomic E-state index is 11.8. The molecule has 30 heavy (non-hydrogen) atoms. The minimum absolute atomic E-state index is 0.267. The first-order valence-electron chi connectivity index (χ1n) is 12.5. The highest BCUT2D eigenvalue weighted by atomic mass is 16.5. The second-order valence-electron chi connectivity index (χ2n) is 9.10. The van der Waals surface area contributed by atoms with E-state index in [9.17, 15) is 4.79 Å². The van der Waals surface area contributed by atoms with E-state index in [2.05, 4.69) is 6.92 Å². The zero-order chi connectivity index (χ0) is 21.6. The number of esters is 1. The van der Waals surface area contributed by atoms with Crippen LogP contribution in [0.1, 0.15) is 125 Å². The van der Waals surface area contributed by atoms with Gasteiger partial charge >= 0.3 is 5.97 Å². The van der Waals surface area contributed by atoms with Crippen molar-refractivity contribution in [3.8, 4) is 5.75 Å². The average molecular weight is 417 g/mol. The Morgan fingerprint density at radius 3 is 1.97 bits per heavy atom. The minimum Gasteiger partial charge on any atom is -0.490 e. The van der Waals surface area contributed by atoms with Crippen molar-refractivity contribution in [3.63, 3.8) is 0 Å². The predicted octanol–water partition coefficient (Wildman–Crippen LogP) is 7.96. The molecule has 0 amide bonds. The summed E-state index contributed by atoms with van der Waals surface area (Å²) in [5.41, 5.74) is 2.83. The lowest BCUT2D eigenvalue weighted by atomic mass is 10.00. The molecule has 1 aromatic carbocycles. The number of fused-ring (bicyclic) bond motifs is 1. The number of rotatable bonds is 16. The van der Waals surface area contributed by atoms with Gasteiger partial charge in [0, 0.05) is 6.42 Å². The van der Waals surface area contributed by atoms with Gasteiger partial charge in [0.25, 0.3) is 0 Å². The van der Waals surface area contributed by atoms with Crippen molar-refractivity contribution >= 4 is 5.97 Å². The normalized spacial score (nSPS) is 15.1. The highest BCUT2D eigenvalue weighted by Crippen LogP contribution is 2.35. The van der Waals surface area contributed by atoms with Crippen molar-refractivity contribution < 1.29 is 14.3 Å². The van der Waals surface area contributed by atoms with Gasteiger partial charge in [-0.05, 0) is 43.0 Å². The van der Waals surface area contributed by atoms with Crippen LogP contribution >= 0.6 is 0 Å². The predicted molar refractivity (Wildman–Crippen MR) is 126 cm³/mol. The van der Waals surface area contributed by atoms with Gasteiger partial charge in [-0.1, -0.05) is 90.4 Å². The average Bonchev–Trinajstić information content (AvgIpc) is 3.17. The second kappa shape index (κ2) is 14.5. The van der Waals surface area contributed by atoms with Crippen LogP contribution in [0.25, 0.3) is 0 Å². The first-order valence-corrected chi connectivity index (χ1v) is 12.5. The van der Waals surface area contributed by atoms with E-state index in [-0.39, 0.29) is 12.1 Å². The third-order valence-electron chi connectivity index (χ3n) is 6.38. The molecule has 3 heteroatoms. The molecule has 3 nitrogen and oxygen atoms in total. The third-order valence-corrected chi connectivity index (χ3v) is 6.38. The van der Waals surface area contributed by atoms with E-state index in [0.717, 1.165) is 29.7 Å². The second-order valence-corrected chi connectivity index (χ2v) is 9.10. The molecule has 170 valence electrons. The third kappa shape index (κ3) is 8.70. The fraction of sp³-hybridized carbons (Fsp3) is 0.741. The minimum atomic E-state index is -0.267. The fourth-order valence-electron chi connectivity index (χ4n) is 4.58. The Balaban J connectivity index is 1.47. The Bertz CT molecular complexity index is 623. The van der Waals surface area contributed by atoms with E-state index in [1.807, 2.05) is 19.1 Å². The lowest BCUT2D eigenvalue weighted by Gasteiger charge is -2.11. The van der Waals surface area contributed by atoms with E-state index in [1.165, 1.54) is 97.0 Å². The molecule has 1 unspecified atom stereocenters. The zero-order valence-corrected chi connectivity index (χ0v) is 19.8. The Hall–Kier alpha value is -1.51. The molecule has 0 spiro atoms. The number of carbonyl (C=O) groups excluding carboxylic acids is 1. The van der Waals surface area contributed by atoms with Crippen molar-refractivity contribution in [3.05, 3.63) is 28.8 Å². The summed E-state index contributed by atoms with van der Waals surface area (Å²) in [4.78, 5) is 11.8. The number of benzene rings is 1. The van der Waals surface area contributed by atoms with E-state index >= 15 is 0 Å². The molecular weight excluding hydrogens is 372 g/mol. The van der Waals surface area contributed by atoms with Crippen LogP contribution in [0.2, 0.25) is 0 Å². The fourth-order valence-corrected chi connectivity index (χ4v) is 4.58. The molecule has 0 aliphatic carbocycles. The highest BCUT2D eigenvalue weighted by molar-refractivity contribution is 5.90. The van der Waals surface area contributed by atoms with Crippen LogP contribution in [-0.4, -0.2) is 19.2 Å². The summed E-state index contributed by atoms with van der Waals surface area (Å²) >= 11 is 0. The van der Waals surface area contributed by atoms with Gasteiger partial charge < -0.3 is 9.47 Å². The highest BCUT2D eigenvalue weighted by Gasteiger charge is 2.25. The summed E-state index contributed by atoms with van der Waals surface area (Å²) in [6, 6.07) is 3.82. The molecule has 0 bridgehead atoms.